The Morgan fingerprint density at radius 2 is 2.13 bits per heavy atom. The first-order valence-corrected chi connectivity index (χ1v) is 5.56. The lowest BCUT2D eigenvalue weighted by atomic mass is 9.91. The molecule has 0 amide bonds. The van der Waals surface area contributed by atoms with Crippen LogP contribution in [0.25, 0.3) is 0 Å². The van der Waals surface area contributed by atoms with Crippen molar-refractivity contribution in [2.75, 3.05) is 13.1 Å². The molecular formula is C13H16N2. The van der Waals surface area contributed by atoms with Crippen molar-refractivity contribution in [2.45, 2.75) is 25.2 Å². The van der Waals surface area contributed by atoms with Gasteiger partial charge >= 0.3 is 0 Å². The van der Waals surface area contributed by atoms with E-state index < -0.39 is 0 Å². The lowest BCUT2D eigenvalue weighted by Gasteiger charge is -2.23. The fourth-order valence-electron chi connectivity index (χ4n) is 2.14. The Hall–Kier alpha value is -1.33. The van der Waals surface area contributed by atoms with E-state index >= 15 is 0 Å². The molecule has 1 unspecified atom stereocenters. The number of nitrogens with one attached hydrogen (secondary N) is 1. The molecule has 2 heteroatoms. The van der Waals surface area contributed by atoms with Gasteiger partial charge in [-0.05, 0) is 36.4 Å². The highest BCUT2D eigenvalue weighted by atomic mass is 14.9. The van der Waals surface area contributed by atoms with Gasteiger partial charge in [-0.3, -0.25) is 0 Å². The Balaban J connectivity index is 2.05. The smallest absolute Gasteiger partial charge is 0.0669 e. The number of nitriles is 1. The van der Waals surface area contributed by atoms with Crippen molar-refractivity contribution in [3.05, 3.63) is 35.4 Å². The maximum Gasteiger partial charge on any atom is 0.0669 e. The molecule has 0 aliphatic carbocycles. The molecular weight excluding hydrogens is 184 g/mol. The predicted octanol–water partition coefficient (Wildman–Crippen LogP) is 2.22. The predicted molar refractivity (Wildman–Crippen MR) is 60.6 cm³/mol. The zero-order valence-electron chi connectivity index (χ0n) is 8.87. The van der Waals surface area contributed by atoms with Crippen LogP contribution in [0, 0.1) is 11.3 Å². The lowest BCUT2D eigenvalue weighted by molar-refractivity contribution is 0.461. The van der Waals surface area contributed by atoms with Gasteiger partial charge in [0, 0.05) is 6.54 Å². The highest BCUT2D eigenvalue weighted by Crippen LogP contribution is 2.23. The molecule has 2 rings (SSSR count). The normalized spacial score (nSPS) is 20.9. The molecule has 78 valence electrons. The Bertz CT molecular complexity index is 342. The molecule has 1 fully saturated rings. The van der Waals surface area contributed by atoms with Crippen molar-refractivity contribution in [1.82, 2.24) is 5.32 Å². The van der Waals surface area contributed by atoms with E-state index in [9.17, 15) is 0 Å². The number of hydrogen-bond acceptors (Lipinski definition) is 2. The van der Waals surface area contributed by atoms with Crippen molar-refractivity contribution in [1.29, 1.82) is 5.26 Å². The average molecular weight is 200 g/mol. The van der Waals surface area contributed by atoms with Gasteiger partial charge in [0.05, 0.1) is 12.5 Å². The second-order valence-electron chi connectivity index (χ2n) is 4.12. The Labute approximate surface area is 90.9 Å². The summed E-state index contributed by atoms with van der Waals surface area (Å²) in [6, 6.07) is 10.7. The summed E-state index contributed by atoms with van der Waals surface area (Å²) >= 11 is 0. The summed E-state index contributed by atoms with van der Waals surface area (Å²) in [5.74, 6) is 0.662. The molecule has 1 aliphatic rings. The van der Waals surface area contributed by atoms with Crippen molar-refractivity contribution < 1.29 is 0 Å². The molecule has 0 spiro atoms. The molecule has 1 saturated heterocycles. The van der Waals surface area contributed by atoms with Crippen molar-refractivity contribution in [2.24, 2.45) is 0 Å². The van der Waals surface area contributed by atoms with Crippen molar-refractivity contribution in [3.8, 4) is 6.07 Å². The fourth-order valence-corrected chi connectivity index (χ4v) is 2.14. The minimum Gasteiger partial charge on any atom is -0.316 e. The van der Waals surface area contributed by atoms with E-state index in [1.165, 1.54) is 18.4 Å². The highest BCUT2D eigenvalue weighted by molar-refractivity contribution is 5.27. The molecule has 1 N–H and O–H groups in total. The Morgan fingerprint density at radius 1 is 1.33 bits per heavy atom. The largest absolute Gasteiger partial charge is 0.316 e. The first kappa shape index (κ1) is 10.2. The van der Waals surface area contributed by atoms with Crippen molar-refractivity contribution in [3.63, 3.8) is 0 Å². The Morgan fingerprint density at radius 3 is 2.73 bits per heavy atom. The summed E-state index contributed by atoms with van der Waals surface area (Å²) in [4.78, 5) is 0. The van der Waals surface area contributed by atoms with Gasteiger partial charge in [-0.2, -0.15) is 5.26 Å². The maximum absolute atomic E-state index is 8.58. The van der Waals surface area contributed by atoms with Gasteiger partial charge in [-0.1, -0.05) is 24.3 Å². The molecule has 1 aromatic carbocycles. The zero-order valence-corrected chi connectivity index (χ0v) is 8.87. The summed E-state index contributed by atoms with van der Waals surface area (Å²) < 4.78 is 0. The van der Waals surface area contributed by atoms with Crippen LogP contribution in [0.4, 0.5) is 0 Å². The second kappa shape index (κ2) is 4.95. The summed E-state index contributed by atoms with van der Waals surface area (Å²) in [6.45, 7) is 2.25. The van der Waals surface area contributed by atoms with E-state index in [1.54, 1.807) is 0 Å². The van der Waals surface area contributed by atoms with Crippen LogP contribution in [0.1, 0.15) is 29.9 Å². The first-order chi connectivity index (χ1) is 7.40. The van der Waals surface area contributed by atoms with Crippen molar-refractivity contribution >= 4 is 0 Å². The fraction of sp³-hybridized carbons (Fsp3) is 0.462. The average Bonchev–Trinajstić information content (AvgIpc) is 2.32. The summed E-state index contributed by atoms with van der Waals surface area (Å²) in [5.41, 5.74) is 2.52. The van der Waals surface area contributed by atoms with Crippen LogP contribution in [0.2, 0.25) is 0 Å². The third-order valence-electron chi connectivity index (χ3n) is 3.03. The monoisotopic (exact) mass is 200 g/mol. The van der Waals surface area contributed by atoms with Gasteiger partial charge < -0.3 is 5.32 Å². The van der Waals surface area contributed by atoms with Gasteiger partial charge in [-0.25, -0.2) is 0 Å². The van der Waals surface area contributed by atoms with Crippen LogP contribution in [0.3, 0.4) is 0 Å². The molecule has 0 radical (unpaired) electrons. The lowest BCUT2D eigenvalue weighted by Crippen LogP contribution is -2.28. The highest BCUT2D eigenvalue weighted by Gasteiger charge is 2.14. The standard InChI is InChI=1S/C13H16N2/c14-8-7-11-3-5-12(6-4-11)13-2-1-9-15-10-13/h3-6,13,15H,1-2,7,9-10H2. The first-order valence-electron chi connectivity index (χ1n) is 5.56. The quantitative estimate of drug-likeness (QED) is 0.794. The molecule has 1 aliphatic heterocycles. The third-order valence-corrected chi connectivity index (χ3v) is 3.03. The van der Waals surface area contributed by atoms with E-state index in [4.69, 9.17) is 5.26 Å². The van der Waals surface area contributed by atoms with Gasteiger partial charge in [0.25, 0.3) is 0 Å². The second-order valence-corrected chi connectivity index (χ2v) is 4.12. The molecule has 2 nitrogen and oxygen atoms in total. The van der Waals surface area contributed by atoms with Crippen LogP contribution < -0.4 is 5.32 Å². The summed E-state index contributed by atoms with van der Waals surface area (Å²) in [7, 11) is 0. The molecule has 1 aromatic rings. The van der Waals surface area contributed by atoms with E-state index in [1.807, 2.05) is 0 Å². The zero-order chi connectivity index (χ0) is 10.5. The number of rotatable bonds is 2. The van der Waals surface area contributed by atoms with Crippen LogP contribution in [0.15, 0.2) is 24.3 Å². The van der Waals surface area contributed by atoms with Crippen LogP contribution in [-0.2, 0) is 6.42 Å². The van der Waals surface area contributed by atoms with E-state index in [0.29, 0.717) is 12.3 Å². The van der Waals surface area contributed by atoms with Crippen LogP contribution in [0.5, 0.6) is 0 Å². The van der Waals surface area contributed by atoms with Gasteiger partial charge in [-0.15, -0.1) is 0 Å². The number of nitrogens with zero attached hydrogens (tertiary/aromatic N) is 1. The van der Waals surface area contributed by atoms with Crippen LogP contribution >= 0.6 is 0 Å². The summed E-state index contributed by atoms with van der Waals surface area (Å²) in [6.07, 6.45) is 3.07. The van der Waals surface area contributed by atoms with Gasteiger partial charge in [0.2, 0.25) is 0 Å². The molecule has 0 saturated carbocycles. The molecule has 0 aromatic heterocycles. The van der Waals surface area contributed by atoms with E-state index in [2.05, 4.69) is 35.7 Å². The van der Waals surface area contributed by atoms with E-state index in [-0.39, 0.29) is 0 Å². The molecule has 1 atom stereocenters. The Kier molecular flexibility index (Phi) is 3.37. The van der Waals surface area contributed by atoms with Gasteiger partial charge in [0.1, 0.15) is 0 Å². The number of benzene rings is 1. The molecule has 15 heavy (non-hydrogen) atoms. The number of hydrogen-bond donors (Lipinski definition) is 1. The minimum atomic E-state index is 0.517. The number of piperidine rings is 1. The van der Waals surface area contributed by atoms with Crippen LogP contribution in [-0.4, -0.2) is 13.1 Å². The maximum atomic E-state index is 8.58. The summed E-state index contributed by atoms with van der Waals surface area (Å²) in [5, 5.41) is 12.0. The topological polar surface area (TPSA) is 35.8 Å². The minimum absolute atomic E-state index is 0.517. The third kappa shape index (κ3) is 2.57. The molecule has 1 heterocycles. The SMILES string of the molecule is N#CCc1ccc(C2CCCNC2)cc1. The van der Waals surface area contributed by atoms with E-state index in [0.717, 1.165) is 18.7 Å². The van der Waals surface area contributed by atoms with Gasteiger partial charge in [0.15, 0.2) is 0 Å². The molecule has 0 bridgehead atoms.